The molecule has 0 unspecified atom stereocenters. The molecule has 0 saturated heterocycles. The van der Waals surface area contributed by atoms with Crippen LogP contribution in [0.15, 0.2) is 30.4 Å². The van der Waals surface area contributed by atoms with Gasteiger partial charge in [-0.25, -0.2) is 0 Å². The van der Waals surface area contributed by atoms with Crippen molar-refractivity contribution in [2.45, 2.75) is 6.92 Å². The number of anilines is 2. The van der Waals surface area contributed by atoms with Crippen molar-refractivity contribution in [2.75, 3.05) is 24.7 Å². The van der Waals surface area contributed by atoms with Crippen LogP contribution in [-0.4, -0.2) is 13.7 Å². The van der Waals surface area contributed by atoms with E-state index >= 15 is 0 Å². The zero-order valence-electron chi connectivity index (χ0n) is 8.58. The third-order valence-electron chi connectivity index (χ3n) is 1.89. The topological polar surface area (TPSA) is 47.3 Å². The highest BCUT2D eigenvalue weighted by Crippen LogP contribution is 2.24. The number of methoxy groups -OCH3 is 1. The molecule has 76 valence electrons. The van der Waals surface area contributed by atoms with Crippen molar-refractivity contribution in [3.63, 3.8) is 0 Å². The van der Waals surface area contributed by atoms with Crippen molar-refractivity contribution in [1.29, 1.82) is 0 Å². The maximum atomic E-state index is 5.69. The highest BCUT2D eigenvalue weighted by molar-refractivity contribution is 5.61. The number of ether oxygens (including phenoxy) is 1. The maximum absolute atomic E-state index is 5.69. The van der Waals surface area contributed by atoms with Gasteiger partial charge in [0, 0.05) is 18.3 Å². The molecule has 0 aliphatic rings. The Balaban J connectivity index is 2.69. The molecule has 0 aliphatic carbocycles. The molecule has 0 bridgehead atoms. The van der Waals surface area contributed by atoms with E-state index in [4.69, 9.17) is 10.5 Å². The van der Waals surface area contributed by atoms with E-state index in [0.717, 1.165) is 12.2 Å². The molecular weight excluding hydrogens is 176 g/mol. The molecule has 3 heteroatoms. The summed E-state index contributed by atoms with van der Waals surface area (Å²) in [6, 6.07) is 5.65. The molecule has 1 rings (SSSR count). The quantitative estimate of drug-likeness (QED) is 0.568. The average Bonchev–Trinajstić information content (AvgIpc) is 2.21. The van der Waals surface area contributed by atoms with Gasteiger partial charge >= 0.3 is 0 Å². The number of allylic oxidation sites excluding steroid dienone is 1. The summed E-state index contributed by atoms with van der Waals surface area (Å²) in [5.41, 5.74) is 7.35. The van der Waals surface area contributed by atoms with Crippen LogP contribution in [0, 0.1) is 0 Å². The molecule has 1 aromatic rings. The van der Waals surface area contributed by atoms with Crippen molar-refractivity contribution >= 4 is 11.4 Å². The minimum Gasteiger partial charge on any atom is -0.495 e. The molecule has 0 amide bonds. The Morgan fingerprint density at radius 3 is 2.93 bits per heavy atom. The lowest BCUT2D eigenvalue weighted by molar-refractivity contribution is 0.417. The van der Waals surface area contributed by atoms with E-state index in [2.05, 4.69) is 5.32 Å². The van der Waals surface area contributed by atoms with Gasteiger partial charge < -0.3 is 15.8 Å². The van der Waals surface area contributed by atoms with Gasteiger partial charge in [0.15, 0.2) is 0 Å². The van der Waals surface area contributed by atoms with Crippen LogP contribution in [0.25, 0.3) is 0 Å². The molecule has 14 heavy (non-hydrogen) atoms. The number of rotatable bonds is 4. The van der Waals surface area contributed by atoms with Crippen LogP contribution in [0.5, 0.6) is 5.75 Å². The minimum absolute atomic E-state index is 0.657. The second-order valence-corrected chi connectivity index (χ2v) is 2.91. The van der Waals surface area contributed by atoms with E-state index in [-0.39, 0.29) is 0 Å². The van der Waals surface area contributed by atoms with Crippen molar-refractivity contribution in [3.8, 4) is 5.75 Å². The second kappa shape index (κ2) is 5.17. The highest BCUT2D eigenvalue weighted by atomic mass is 16.5. The summed E-state index contributed by atoms with van der Waals surface area (Å²) in [6.45, 7) is 2.80. The molecule has 3 N–H and O–H groups in total. The molecule has 0 spiro atoms. The van der Waals surface area contributed by atoms with Crippen LogP contribution in [0.3, 0.4) is 0 Å². The number of hydrogen-bond acceptors (Lipinski definition) is 3. The summed E-state index contributed by atoms with van der Waals surface area (Å²) < 4.78 is 5.11. The zero-order valence-corrected chi connectivity index (χ0v) is 8.58. The van der Waals surface area contributed by atoms with E-state index < -0.39 is 0 Å². The predicted octanol–water partition coefficient (Wildman–Crippen LogP) is 2.27. The van der Waals surface area contributed by atoms with Gasteiger partial charge in [-0.1, -0.05) is 12.2 Å². The first-order chi connectivity index (χ1) is 6.77. The Kier molecular flexibility index (Phi) is 3.85. The van der Waals surface area contributed by atoms with Gasteiger partial charge in [0.1, 0.15) is 5.75 Å². The summed E-state index contributed by atoms with van der Waals surface area (Å²) in [5, 5.41) is 3.23. The van der Waals surface area contributed by atoms with Crippen LogP contribution >= 0.6 is 0 Å². The third kappa shape index (κ3) is 2.69. The molecule has 0 aliphatic heterocycles. The number of nitrogens with two attached hydrogens (primary N) is 1. The van der Waals surface area contributed by atoms with Crippen molar-refractivity contribution in [3.05, 3.63) is 30.4 Å². The Hall–Kier alpha value is -1.64. The normalized spacial score (nSPS) is 10.4. The maximum Gasteiger partial charge on any atom is 0.143 e. The van der Waals surface area contributed by atoms with Crippen LogP contribution in [0.2, 0.25) is 0 Å². The van der Waals surface area contributed by atoms with Crippen LogP contribution in [-0.2, 0) is 0 Å². The molecular formula is C11H16N2O. The van der Waals surface area contributed by atoms with E-state index in [1.807, 2.05) is 37.3 Å². The zero-order chi connectivity index (χ0) is 10.4. The fraction of sp³-hybridized carbons (Fsp3) is 0.273. The molecule has 0 aromatic heterocycles. The monoisotopic (exact) mass is 192 g/mol. The Morgan fingerprint density at radius 1 is 1.50 bits per heavy atom. The standard InChI is InChI=1S/C11H16N2O/c1-3-4-7-13-9-5-6-10(12)11(8-9)14-2/h3-6,8,13H,7,12H2,1-2H3/b4-3+. The van der Waals surface area contributed by atoms with Crippen LogP contribution < -0.4 is 15.8 Å². The lowest BCUT2D eigenvalue weighted by Crippen LogP contribution is -1.99. The predicted molar refractivity (Wildman–Crippen MR) is 60.7 cm³/mol. The Morgan fingerprint density at radius 2 is 2.29 bits per heavy atom. The van der Waals surface area contributed by atoms with Crippen molar-refractivity contribution < 1.29 is 4.74 Å². The second-order valence-electron chi connectivity index (χ2n) is 2.91. The molecule has 0 fully saturated rings. The lowest BCUT2D eigenvalue weighted by atomic mass is 10.2. The van der Waals surface area contributed by atoms with Gasteiger partial charge in [-0.2, -0.15) is 0 Å². The average molecular weight is 192 g/mol. The van der Waals surface area contributed by atoms with Crippen molar-refractivity contribution in [2.24, 2.45) is 0 Å². The van der Waals surface area contributed by atoms with E-state index in [1.165, 1.54) is 0 Å². The first kappa shape index (κ1) is 10.4. The summed E-state index contributed by atoms with van der Waals surface area (Å²) in [5.74, 6) is 0.704. The minimum atomic E-state index is 0.657. The number of nitrogen functional groups attached to an aromatic ring is 1. The van der Waals surface area contributed by atoms with Gasteiger partial charge in [0.05, 0.1) is 12.8 Å². The molecule has 3 nitrogen and oxygen atoms in total. The van der Waals surface area contributed by atoms with E-state index in [1.54, 1.807) is 7.11 Å². The summed E-state index contributed by atoms with van der Waals surface area (Å²) in [6.07, 6.45) is 4.05. The molecule has 0 atom stereocenters. The first-order valence-electron chi connectivity index (χ1n) is 4.56. The molecule has 0 heterocycles. The molecule has 0 radical (unpaired) electrons. The van der Waals surface area contributed by atoms with Gasteiger partial charge in [0.2, 0.25) is 0 Å². The van der Waals surface area contributed by atoms with Gasteiger partial charge in [-0.05, 0) is 19.1 Å². The smallest absolute Gasteiger partial charge is 0.143 e. The van der Waals surface area contributed by atoms with Gasteiger partial charge in [-0.15, -0.1) is 0 Å². The highest BCUT2D eigenvalue weighted by Gasteiger charge is 1.99. The van der Waals surface area contributed by atoms with Gasteiger partial charge in [0.25, 0.3) is 0 Å². The number of nitrogens with one attached hydrogen (secondary N) is 1. The van der Waals surface area contributed by atoms with E-state index in [9.17, 15) is 0 Å². The van der Waals surface area contributed by atoms with E-state index in [0.29, 0.717) is 11.4 Å². The van der Waals surface area contributed by atoms with Crippen LogP contribution in [0.1, 0.15) is 6.92 Å². The largest absolute Gasteiger partial charge is 0.495 e. The fourth-order valence-electron chi connectivity index (χ4n) is 1.12. The summed E-state index contributed by atoms with van der Waals surface area (Å²) in [7, 11) is 1.61. The molecule has 1 aromatic carbocycles. The summed E-state index contributed by atoms with van der Waals surface area (Å²) >= 11 is 0. The third-order valence-corrected chi connectivity index (χ3v) is 1.89. The first-order valence-corrected chi connectivity index (χ1v) is 4.56. The fourth-order valence-corrected chi connectivity index (χ4v) is 1.12. The van der Waals surface area contributed by atoms with Gasteiger partial charge in [-0.3, -0.25) is 0 Å². The van der Waals surface area contributed by atoms with Crippen molar-refractivity contribution in [1.82, 2.24) is 0 Å². The lowest BCUT2D eigenvalue weighted by Gasteiger charge is -2.08. The molecule has 0 saturated carbocycles. The van der Waals surface area contributed by atoms with Crippen LogP contribution in [0.4, 0.5) is 11.4 Å². The summed E-state index contributed by atoms with van der Waals surface area (Å²) in [4.78, 5) is 0. The number of benzene rings is 1. The SMILES string of the molecule is C/C=C/CNc1ccc(N)c(OC)c1. The Bertz CT molecular complexity index is 321. The Labute approximate surface area is 84.6 Å². The number of hydrogen-bond donors (Lipinski definition) is 2.